The maximum Gasteiger partial charge on any atom is 0.335 e. The number of rotatable bonds is 4. The fraction of sp³-hybridized carbons (Fsp3) is 0.235. The van der Waals surface area contributed by atoms with Gasteiger partial charge in [0.1, 0.15) is 0 Å². The summed E-state index contributed by atoms with van der Waals surface area (Å²) in [6.07, 6.45) is 0. The fourth-order valence-electron chi connectivity index (χ4n) is 2.42. The molecular weight excluding hydrogens is 250 g/mol. The molecule has 0 heterocycles. The lowest BCUT2D eigenvalue weighted by molar-refractivity contribution is 0.0696. The molecule has 1 unspecified atom stereocenters. The Kier molecular flexibility index (Phi) is 4.20. The molecule has 2 rings (SSSR count). The maximum absolute atomic E-state index is 11.1. The highest BCUT2D eigenvalue weighted by molar-refractivity contribution is 5.87. The lowest BCUT2D eigenvalue weighted by Gasteiger charge is -2.20. The number of hydrogen-bond donors (Lipinski definition) is 2. The van der Waals surface area contributed by atoms with E-state index in [4.69, 9.17) is 5.11 Å². The molecule has 104 valence electrons. The molecule has 0 aliphatic carbocycles. The van der Waals surface area contributed by atoms with Gasteiger partial charge in [0.25, 0.3) is 0 Å². The summed E-state index contributed by atoms with van der Waals surface area (Å²) in [5.41, 5.74) is 4.83. The second-order valence-electron chi connectivity index (χ2n) is 5.01. The first kappa shape index (κ1) is 14.3. The molecule has 1 atom stereocenters. The van der Waals surface area contributed by atoms with Crippen molar-refractivity contribution in [2.24, 2.45) is 0 Å². The molecule has 3 nitrogen and oxygen atoms in total. The van der Waals surface area contributed by atoms with E-state index in [0.717, 1.165) is 5.56 Å². The standard InChI is InChI=1S/C17H19NO2/c1-11-7-8-12(2)15(9-11)16(18-3)13-5-4-6-14(10-13)17(19)20/h4-10,16,18H,1-3H3,(H,19,20). The van der Waals surface area contributed by atoms with Crippen LogP contribution in [0, 0.1) is 13.8 Å². The van der Waals surface area contributed by atoms with Crippen molar-refractivity contribution in [3.8, 4) is 0 Å². The van der Waals surface area contributed by atoms with Crippen LogP contribution in [0.3, 0.4) is 0 Å². The minimum atomic E-state index is -0.900. The summed E-state index contributed by atoms with van der Waals surface area (Å²) in [6.45, 7) is 4.13. The zero-order valence-corrected chi connectivity index (χ0v) is 12.0. The first-order chi connectivity index (χ1) is 9.52. The largest absolute Gasteiger partial charge is 0.478 e. The molecule has 0 aliphatic heterocycles. The van der Waals surface area contributed by atoms with E-state index in [1.165, 1.54) is 16.7 Å². The number of carboxylic acids is 1. The van der Waals surface area contributed by atoms with E-state index in [2.05, 4.69) is 37.4 Å². The number of benzene rings is 2. The van der Waals surface area contributed by atoms with Crippen LogP contribution in [0.5, 0.6) is 0 Å². The van der Waals surface area contributed by atoms with E-state index >= 15 is 0 Å². The SMILES string of the molecule is CNC(c1cccc(C(=O)O)c1)c1cc(C)ccc1C. The predicted octanol–water partition coefficient (Wildman–Crippen LogP) is 3.31. The molecule has 0 bridgehead atoms. The second kappa shape index (κ2) is 5.88. The molecule has 0 fully saturated rings. The van der Waals surface area contributed by atoms with Crippen molar-refractivity contribution in [3.05, 3.63) is 70.3 Å². The zero-order valence-electron chi connectivity index (χ0n) is 12.0. The minimum absolute atomic E-state index is 0.00537. The number of carboxylic acid groups (broad SMARTS) is 1. The van der Waals surface area contributed by atoms with Crippen LogP contribution < -0.4 is 5.32 Å². The van der Waals surface area contributed by atoms with Crippen LogP contribution in [-0.2, 0) is 0 Å². The Morgan fingerprint density at radius 2 is 1.90 bits per heavy atom. The van der Waals surface area contributed by atoms with Crippen LogP contribution in [0.4, 0.5) is 0 Å². The molecule has 2 aromatic rings. The number of carbonyl (C=O) groups is 1. The van der Waals surface area contributed by atoms with Crippen LogP contribution in [0.25, 0.3) is 0 Å². The van der Waals surface area contributed by atoms with Crippen molar-refractivity contribution < 1.29 is 9.90 Å². The lowest BCUT2D eigenvalue weighted by Crippen LogP contribution is -2.19. The molecule has 0 aromatic heterocycles. The number of aryl methyl sites for hydroxylation is 2. The first-order valence-corrected chi connectivity index (χ1v) is 6.60. The number of hydrogen-bond acceptors (Lipinski definition) is 2. The summed E-state index contributed by atoms with van der Waals surface area (Å²) in [4.78, 5) is 11.1. The summed E-state index contributed by atoms with van der Waals surface area (Å²) < 4.78 is 0. The Labute approximate surface area is 119 Å². The van der Waals surface area contributed by atoms with Gasteiger partial charge in [0.2, 0.25) is 0 Å². The highest BCUT2D eigenvalue weighted by Crippen LogP contribution is 2.26. The Morgan fingerprint density at radius 3 is 2.55 bits per heavy atom. The summed E-state index contributed by atoms with van der Waals surface area (Å²) in [5, 5.41) is 12.4. The smallest absolute Gasteiger partial charge is 0.335 e. The monoisotopic (exact) mass is 269 g/mol. The fourth-order valence-corrected chi connectivity index (χ4v) is 2.42. The summed E-state index contributed by atoms with van der Waals surface area (Å²) >= 11 is 0. The number of nitrogens with one attached hydrogen (secondary N) is 1. The molecule has 0 radical (unpaired) electrons. The Morgan fingerprint density at radius 1 is 1.15 bits per heavy atom. The van der Waals surface area contributed by atoms with Crippen LogP contribution in [0.1, 0.15) is 38.7 Å². The first-order valence-electron chi connectivity index (χ1n) is 6.60. The topological polar surface area (TPSA) is 49.3 Å². The third-order valence-electron chi connectivity index (χ3n) is 3.50. The van der Waals surface area contributed by atoms with Gasteiger partial charge in [0.15, 0.2) is 0 Å². The van der Waals surface area contributed by atoms with E-state index in [9.17, 15) is 4.79 Å². The average molecular weight is 269 g/mol. The van der Waals surface area contributed by atoms with E-state index in [1.807, 2.05) is 13.1 Å². The molecule has 0 spiro atoms. The Balaban J connectivity index is 2.49. The van der Waals surface area contributed by atoms with Crippen molar-refractivity contribution in [3.63, 3.8) is 0 Å². The number of aromatic carboxylic acids is 1. The van der Waals surface area contributed by atoms with Crippen LogP contribution in [-0.4, -0.2) is 18.1 Å². The highest BCUT2D eigenvalue weighted by atomic mass is 16.4. The van der Waals surface area contributed by atoms with Crippen LogP contribution in [0.15, 0.2) is 42.5 Å². The van der Waals surface area contributed by atoms with Crippen molar-refractivity contribution in [1.29, 1.82) is 0 Å². The molecule has 3 heteroatoms. The molecular formula is C17H19NO2. The quantitative estimate of drug-likeness (QED) is 0.895. The van der Waals surface area contributed by atoms with Gasteiger partial charge in [-0.25, -0.2) is 4.79 Å². The van der Waals surface area contributed by atoms with E-state index < -0.39 is 5.97 Å². The highest BCUT2D eigenvalue weighted by Gasteiger charge is 2.15. The molecule has 0 saturated heterocycles. The van der Waals surface area contributed by atoms with Gasteiger partial charge in [-0.2, -0.15) is 0 Å². The predicted molar refractivity (Wildman–Crippen MR) is 80.2 cm³/mol. The van der Waals surface area contributed by atoms with Crippen molar-refractivity contribution >= 4 is 5.97 Å². The molecule has 2 aromatic carbocycles. The van der Waals surface area contributed by atoms with E-state index in [1.54, 1.807) is 18.2 Å². The van der Waals surface area contributed by atoms with Crippen molar-refractivity contribution in [2.45, 2.75) is 19.9 Å². The van der Waals surface area contributed by atoms with Crippen LogP contribution in [0.2, 0.25) is 0 Å². The van der Waals surface area contributed by atoms with E-state index in [-0.39, 0.29) is 6.04 Å². The van der Waals surface area contributed by atoms with Gasteiger partial charge >= 0.3 is 5.97 Å². The van der Waals surface area contributed by atoms with Crippen molar-refractivity contribution in [1.82, 2.24) is 5.32 Å². The third kappa shape index (κ3) is 2.89. The summed E-state index contributed by atoms with van der Waals surface area (Å²) in [6, 6.07) is 13.4. The Bertz CT molecular complexity index is 635. The van der Waals surface area contributed by atoms with Gasteiger partial charge in [0, 0.05) is 0 Å². The van der Waals surface area contributed by atoms with Gasteiger partial charge in [0.05, 0.1) is 11.6 Å². The zero-order chi connectivity index (χ0) is 14.7. The molecule has 20 heavy (non-hydrogen) atoms. The van der Waals surface area contributed by atoms with Gasteiger partial charge in [-0.3, -0.25) is 0 Å². The summed E-state index contributed by atoms with van der Waals surface area (Å²) in [7, 11) is 1.89. The molecule has 2 N–H and O–H groups in total. The van der Waals surface area contributed by atoms with Crippen LogP contribution >= 0.6 is 0 Å². The Hall–Kier alpha value is -2.13. The normalized spacial score (nSPS) is 12.2. The van der Waals surface area contributed by atoms with Gasteiger partial charge in [-0.1, -0.05) is 35.9 Å². The van der Waals surface area contributed by atoms with Gasteiger partial charge in [-0.05, 0) is 49.7 Å². The molecule has 0 aliphatic rings. The minimum Gasteiger partial charge on any atom is -0.478 e. The van der Waals surface area contributed by atoms with Gasteiger partial charge in [-0.15, -0.1) is 0 Å². The van der Waals surface area contributed by atoms with Crippen molar-refractivity contribution in [2.75, 3.05) is 7.05 Å². The molecule has 0 saturated carbocycles. The second-order valence-corrected chi connectivity index (χ2v) is 5.01. The lowest BCUT2D eigenvalue weighted by atomic mass is 9.93. The average Bonchev–Trinajstić information content (AvgIpc) is 2.44. The van der Waals surface area contributed by atoms with Gasteiger partial charge < -0.3 is 10.4 Å². The third-order valence-corrected chi connectivity index (χ3v) is 3.50. The molecule has 0 amide bonds. The summed E-state index contributed by atoms with van der Waals surface area (Å²) in [5.74, 6) is -0.900. The maximum atomic E-state index is 11.1. The van der Waals surface area contributed by atoms with E-state index in [0.29, 0.717) is 5.56 Å².